The van der Waals surface area contributed by atoms with Crippen LogP contribution in [0.5, 0.6) is 0 Å². The summed E-state index contributed by atoms with van der Waals surface area (Å²) >= 11 is -2.08. The van der Waals surface area contributed by atoms with Crippen LogP contribution in [0.15, 0.2) is 41.0 Å². The Morgan fingerprint density at radius 1 is 0.833 bits per heavy atom. The van der Waals surface area contributed by atoms with Crippen molar-refractivity contribution in [3.05, 3.63) is 52.1 Å². The molecule has 0 saturated heterocycles. The second-order valence-electron chi connectivity index (χ2n) is 7.23. The van der Waals surface area contributed by atoms with Gasteiger partial charge in [-0.05, 0) is 0 Å². The van der Waals surface area contributed by atoms with Crippen LogP contribution in [0.2, 0.25) is 13.3 Å². The van der Waals surface area contributed by atoms with Gasteiger partial charge in [0.25, 0.3) is 0 Å². The van der Waals surface area contributed by atoms with Crippen LogP contribution in [-0.4, -0.2) is 18.4 Å². The standard InChI is InChI=1S/C11H11.3C4H9.Sn/c1-3-5-11-8-6-10(4-2)7-9-11;3*1-3-4-2;/h1,3-4,6-9H,2,5H2;3*1,3-4H2,2H3;. The average Bonchev–Trinajstić information content (AvgIpc) is 2.63. The average molecular weight is 433 g/mol. The molecule has 0 aliphatic rings. The maximum absolute atomic E-state index is 3.84. The summed E-state index contributed by atoms with van der Waals surface area (Å²) in [6.45, 7) is 10.9. The van der Waals surface area contributed by atoms with E-state index < -0.39 is 18.4 Å². The number of allylic oxidation sites excluding steroid dienone is 1. The maximum atomic E-state index is 3.84. The summed E-state index contributed by atoms with van der Waals surface area (Å²) < 4.78 is 7.49. The van der Waals surface area contributed by atoms with Crippen LogP contribution in [0.3, 0.4) is 0 Å². The van der Waals surface area contributed by atoms with Gasteiger partial charge in [0, 0.05) is 0 Å². The zero-order chi connectivity index (χ0) is 17.7. The zero-order valence-corrected chi connectivity index (χ0v) is 19.2. The van der Waals surface area contributed by atoms with Gasteiger partial charge < -0.3 is 0 Å². The van der Waals surface area contributed by atoms with E-state index in [9.17, 15) is 0 Å². The van der Waals surface area contributed by atoms with Gasteiger partial charge in [0.2, 0.25) is 0 Å². The second-order valence-corrected chi connectivity index (χ2v) is 20.2. The molecule has 0 amide bonds. The van der Waals surface area contributed by atoms with Gasteiger partial charge in [0.15, 0.2) is 0 Å². The van der Waals surface area contributed by atoms with E-state index in [2.05, 4.69) is 61.8 Å². The molecule has 134 valence electrons. The monoisotopic (exact) mass is 434 g/mol. The summed E-state index contributed by atoms with van der Waals surface area (Å²) in [6, 6.07) is 8.86. The van der Waals surface area contributed by atoms with Gasteiger partial charge in [-0.25, -0.2) is 0 Å². The molecule has 1 rings (SSSR count). The van der Waals surface area contributed by atoms with Crippen molar-refractivity contribution in [2.24, 2.45) is 0 Å². The van der Waals surface area contributed by atoms with Crippen molar-refractivity contribution in [2.75, 3.05) is 0 Å². The number of benzene rings is 1. The fourth-order valence-corrected chi connectivity index (χ4v) is 17.8. The van der Waals surface area contributed by atoms with Gasteiger partial charge in [0.1, 0.15) is 0 Å². The summed E-state index contributed by atoms with van der Waals surface area (Å²) in [5.41, 5.74) is 2.64. The van der Waals surface area contributed by atoms with Crippen LogP contribution in [0.1, 0.15) is 70.4 Å². The zero-order valence-electron chi connectivity index (χ0n) is 16.3. The molecule has 0 saturated carbocycles. The van der Waals surface area contributed by atoms with Crippen molar-refractivity contribution in [2.45, 2.75) is 79.0 Å². The number of hydrogen-bond donors (Lipinski definition) is 0. The molecular weight excluding hydrogens is 395 g/mol. The fraction of sp³-hybridized carbons (Fsp3) is 0.565. The molecule has 0 N–H and O–H groups in total. The molecule has 0 aromatic heterocycles. The van der Waals surface area contributed by atoms with Gasteiger partial charge >= 0.3 is 156 Å². The molecule has 0 bridgehead atoms. The Kier molecular flexibility index (Phi) is 11.5. The first-order chi connectivity index (χ1) is 11.7. The van der Waals surface area contributed by atoms with Gasteiger partial charge in [-0.1, -0.05) is 0 Å². The van der Waals surface area contributed by atoms with Crippen LogP contribution < -0.4 is 0 Å². The second kappa shape index (κ2) is 12.8. The van der Waals surface area contributed by atoms with Crippen molar-refractivity contribution in [1.29, 1.82) is 0 Å². The molecule has 0 aliphatic heterocycles. The molecule has 0 unspecified atom stereocenters. The molecule has 0 spiro atoms. The summed E-state index contributed by atoms with van der Waals surface area (Å²) in [5, 5.41) is 0. The quantitative estimate of drug-likeness (QED) is 0.278. The van der Waals surface area contributed by atoms with E-state index in [0.717, 1.165) is 6.42 Å². The Bertz CT molecular complexity index is 448. The third kappa shape index (κ3) is 8.05. The molecule has 1 aromatic carbocycles. The molecule has 0 heterocycles. The van der Waals surface area contributed by atoms with Gasteiger partial charge in [-0.3, -0.25) is 0 Å². The first kappa shape index (κ1) is 21.5. The van der Waals surface area contributed by atoms with E-state index >= 15 is 0 Å². The summed E-state index contributed by atoms with van der Waals surface area (Å²) in [5.74, 6) is 0. The van der Waals surface area contributed by atoms with Crippen molar-refractivity contribution in [3.8, 4) is 0 Å². The molecule has 24 heavy (non-hydrogen) atoms. The third-order valence-corrected chi connectivity index (χ3v) is 19.4. The molecule has 1 heteroatoms. The Hall–Kier alpha value is -0.501. The van der Waals surface area contributed by atoms with E-state index in [1.54, 1.807) is 13.3 Å². The minimum atomic E-state index is -2.08. The van der Waals surface area contributed by atoms with Crippen LogP contribution >= 0.6 is 0 Å². The first-order valence-electron chi connectivity index (χ1n) is 10.1. The predicted molar refractivity (Wildman–Crippen MR) is 114 cm³/mol. The SMILES string of the molecule is C=Cc1ccc(C/C=[CH]/[Sn]([CH2]CCC)([CH2]CCC)[CH2]CCC)cc1. The van der Waals surface area contributed by atoms with Gasteiger partial charge in [-0.15, -0.1) is 0 Å². The fourth-order valence-electron chi connectivity index (χ4n) is 3.45. The van der Waals surface area contributed by atoms with E-state index in [0.29, 0.717) is 0 Å². The molecule has 0 nitrogen and oxygen atoms in total. The Balaban J connectivity index is 2.79. The Morgan fingerprint density at radius 2 is 1.33 bits per heavy atom. The van der Waals surface area contributed by atoms with E-state index in [-0.39, 0.29) is 0 Å². The van der Waals surface area contributed by atoms with Crippen molar-refractivity contribution in [1.82, 2.24) is 0 Å². The van der Waals surface area contributed by atoms with Crippen LogP contribution in [0.4, 0.5) is 0 Å². The molecule has 1 aromatic rings. The number of hydrogen-bond acceptors (Lipinski definition) is 0. The Labute approximate surface area is 155 Å². The van der Waals surface area contributed by atoms with Gasteiger partial charge in [0.05, 0.1) is 0 Å². The predicted octanol–water partition coefficient (Wildman–Crippen LogP) is 7.82. The normalized spacial score (nSPS) is 12.0. The molecule has 0 fully saturated rings. The van der Waals surface area contributed by atoms with E-state index in [1.165, 1.54) is 49.7 Å². The van der Waals surface area contributed by atoms with Crippen LogP contribution in [0.25, 0.3) is 6.08 Å². The van der Waals surface area contributed by atoms with Crippen LogP contribution in [-0.2, 0) is 6.42 Å². The molecule has 0 radical (unpaired) electrons. The van der Waals surface area contributed by atoms with Crippen molar-refractivity contribution < 1.29 is 0 Å². The van der Waals surface area contributed by atoms with E-state index in [4.69, 9.17) is 0 Å². The minimum absolute atomic E-state index is 1.10. The first-order valence-corrected chi connectivity index (χ1v) is 17.8. The van der Waals surface area contributed by atoms with Crippen LogP contribution in [0, 0.1) is 0 Å². The molecule has 0 atom stereocenters. The summed E-state index contributed by atoms with van der Waals surface area (Å²) in [7, 11) is 0. The third-order valence-electron chi connectivity index (χ3n) is 5.13. The summed E-state index contributed by atoms with van der Waals surface area (Å²) in [4.78, 5) is 0. The summed E-state index contributed by atoms with van der Waals surface area (Å²) in [6.07, 6.45) is 13.9. The molecule has 0 aliphatic carbocycles. The van der Waals surface area contributed by atoms with E-state index in [1.807, 2.05) is 6.08 Å². The molecular formula is C23H38Sn. The number of unbranched alkanes of at least 4 members (excludes halogenated alkanes) is 3. The number of rotatable bonds is 13. The van der Waals surface area contributed by atoms with Gasteiger partial charge in [-0.2, -0.15) is 0 Å². The van der Waals surface area contributed by atoms with Crippen molar-refractivity contribution >= 4 is 24.5 Å². The topological polar surface area (TPSA) is 0 Å². The Morgan fingerprint density at radius 3 is 1.75 bits per heavy atom. The van der Waals surface area contributed by atoms with Crippen molar-refractivity contribution in [3.63, 3.8) is 0 Å².